The van der Waals surface area contributed by atoms with Gasteiger partial charge in [0.1, 0.15) is 30.0 Å². The maximum Gasteiger partial charge on any atom is 0.338 e. The normalized spacial score (nSPS) is 22.0. The van der Waals surface area contributed by atoms with Crippen molar-refractivity contribution in [3.05, 3.63) is 117 Å². The number of imidazole rings is 1. The van der Waals surface area contributed by atoms with Crippen molar-refractivity contribution in [2.24, 2.45) is 11.1 Å². The summed E-state index contributed by atoms with van der Waals surface area (Å²) in [6, 6.07) is 16.8. The maximum atomic E-state index is 15.5. The maximum absolute atomic E-state index is 15.5. The molecular formula is C49H57FN9O6P. The Kier molecular flexibility index (Phi) is 10.9. The molecule has 0 spiro atoms. The second-order valence-electron chi connectivity index (χ2n) is 18.3. The number of nitrogens with zero attached hydrogens (tertiary/aromatic N) is 7. The Hall–Kier alpha value is -5.96. The summed E-state index contributed by atoms with van der Waals surface area (Å²) in [5.74, 6) is 0.797. The van der Waals surface area contributed by atoms with Crippen LogP contribution in [0.1, 0.15) is 97.4 Å². The molecule has 0 radical (unpaired) electrons. The summed E-state index contributed by atoms with van der Waals surface area (Å²) in [5.41, 5.74) is 5.55. The minimum Gasteiger partial charge on any atom is -0.387 e. The van der Waals surface area contributed by atoms with Gasteiger partial charge >= 0.3 is 12.1 Å². The van der Waals surface area contributed by atoms with Crippen molar-refractivity contribution in [1.82, 2.24) is 33.7 Å². The average Bonchev–Trinajstić information content (AvgIpc) is 3.82. The molecule has 6 aromatic rings. The van der Waals surface area contributed by atoms with Crippen LogP contribution in [0.2, 0.25) is 0 Å². The van der Waals surface area contributed by atoms with E-state index in [1.165, 1.54) is 5.56 Å². The van der Waals surface area contributed by atoms with Gasteiger partial charge in [-0.05, 0) is 117 Å². The zero-order valence-electron chi connectivity index (χ0n) is 38.5. The van der Waals surface area contributed by atoms with Crippen LogP contribution in [-0.4, -0.2) is 90.8 Å². The molecule has 1 saturated heterocycles. The highest BCUT2D eigenvalue weighted by molar-refractivity contribution is 7.71. The molecule has 2 fully saturated rings. The number of amidine groups is 1. The quantitative estimate of drug-likeness (QED) is 0.114. The van der Waals surface area contributed by atoms with Gasteiger partial charge in [-0.2, -0.15) is 5.10 Å². The Labute approximate surface area is 382 Å². The Morgan fingerprint density at radius 1 is 1.00 bits per heavy atom. The zero-order valence-corrected chi connectivity index (χ0v) is 39.4. The Bertz CT molecular complexity index is 3040. The number of carbonyl (C=O) groups excluding carboxylic acids is 1. The molecule has 3 N–H and O–H groups in total. The number of halogens is 1. The number of rotatable bonds is 11. The minimum absolute atomic E-state index is 0.0620. The number of aryl methyl sites for hydroxylation is 2. The molecule has 1 amide bonds. The molecule has 1 saturated carbocycles. The number of carbonyl (C=O) groups is 1. The number of anilines is 1. The van der Waals surface area contributed by atoms with Crippen LogP contribution in [0, 0.1) is 25.6 Å². The van der Waals surface area contributed by atoms with Gasteiger partial charge in [-0.15, -0.1) is 0 Å². The third-order valence-corrected chi connectivity index (χ3v) is 18.0. The number of aliphatic hydroxyl groups is 1. The number of aliphatic hydroxyl groups excluding tert-OH is 1. The van der Waals surface area contributed by atoms with Crippen LogP contribution in [0.4, 0.5) is 10.1 Å². The fourth-order valence-corrected chi connectivity index (χ4v) is 12.9. The van der Waals surface area contributed by atoms with Crippen molar-refractivity contribution in [1.29, 1.82) is 0 Å². The van der Waals surface area contributed by atoms with E-state index in [0.717, 1.165) is 34.7 Å². The highest BCUT2D eigenvalue weighted by atomic mass is 31.2. The number of nitrogens with one attached hydrogen (secondary N) is 2. The molecule has 4 aliphatic rings. The highest BCUT2D eigenvalue weighted by Crippen LogP contribution is 2.54. The number of oxime groups is 1. The van der Waals surface area contributed by atoms with Crippen molar-refractivity contribution in [2.45, 2.75) is 91.1 Å². The number of aromatic nitrogens is 5. The van der Waals surface area contributed by atoms with Crippen LogP contribution < -0.4 is 21.6 Å². The smallest absolute Gasteiger partial charge is 0.338 e. The number of ether oxygens (including phenoxy) is 1. The predicted molar refractivity (Wildman–Crippen MR) is 253 cm³/mol. The largest absolute Gasteiger partial charge is 0.387 e. The molecule has 1 aliphatic carbocycles. The molecule has 0 bridgehead atoms. The molecule has 17 heteroatoms. The van der Waals surface area contributed by atoms with Crippen molar-refractivity contribution in [3.8, 4) is 17.2 Å². The van der Waals surface area contributed by atoms with Gasteiger partial charge in [-0.3, -0.25) is 13.9 Å². The molecule has 10 rings (SSSR count). The van der Waals surface area contributed by atoms with Gasteiger partial charge in [0, 0.05) is 85.4 Å². The fourth-order valence-electron chi connectivity index (χ4n) is 10.8. The molecule has 4 unspecified atom stereocenters. The first-order chi connectivity index (χ1) is 31.7. The van der Waals surface area contributed by atoms with E-state index in [-0.39, 0.29) is 23.3 Å². The minimum atomic E-state index is -2.65. The molecule has 3 aromatic heterocycles. The van der Waals surface area contributed by atoms with Gasteiger partial charge in [0.25, 0.3) is 5.91 Å². The second kappa shape index (κ2) is 16.4. The van der Waals surface area contributed by atoms with E-state index < -0.39 is 25.1 Å². The second-order valence-corrected chi connectivity index (χ2v) is 21.9. The van der Waals surface area contributed by atoms with Gasteiger partial charge in [-0.25, -0.2) is 13.9 Å². The van der Waals surface area contributed by atoms with Gasteiger partial charge in [0.05, 0.1) is 23.1 Å². The van der Waals surface area contributed by atoms with Crippen LogP contribution in [0.3, 0.4) is 0 Å². The lowest BCUT2D eigenvalue weighted by atomic mass is 9.91. The molecule has 3 aliphatic heterocycles. The monoisotopic (exact) mass is 917 g/mol. The summed E-state index contributed by atoms with van der Waals surface area (Å²) in [6.07, 6.45) is 6.05. The summed E-state index contributed by atoms with van der Waals surface area (Å²) in [4.78, 5) is 37.5. The van der Waals surface area contributed by atoms with E-state index >= 15 is 9.18 Å². The first-order valence-electron chi connectivity index (χ1n) is 23.1. The van der Waals surface area contributed by atoms with Crippen molar-refractivity contribution < 1.29 is 28.4 Å². The topological polar surface area (TPSA) is 162 Å². The molecule has 66 heavy (non-hydrogen) atoms. The molecule has 15 nitrogen and oxygen atoms in total. The van der Waals surface area contributed by atoms with E-state index in [0.29, 0.717) is 102 Å². The number of amides is 1. The molecule has 3 aromatic carbocycles. The number of hydrogen-bond acceptors (Lipinski definition) is 10. The number of fused-ring (bicyclic) bond motifs is 2. The van der Waals surface area contributed by atoms with E-state index in [1.54, 1.807) is 59.2 Å². The fraction of sp³-hybridized carbons (Fsp3) is 0.429. The van der Waals surface area contributed by atoms with Crippen LogP contribution >= 0.6 is 7.14 Å². The van der Waals surface area contributed by atoms with E-state index in [2.05, 4.69) is 45.5 Å². The van der Waals surface area contributed by atoms with Gasteiger partial charge in [0.15, 0.2) is 5.84 Å². The summed E-state index contributed by atoms with van der Waals surface area (Å²) in [6.45, 7) is 13.1. The Balaban J connectivity index is 1.10. The highest BCUT2D eigenvalue weighted by Gasteiger charge is 2.61. The first-order valence-corrected chi connectivity index (χ1v) is 25.1. The van der Waals surface area contributed by atoms with Crippen molar-refractivity contribution in [2.75, 3.05) is 44.4 Å². The van der Waals surface area contributed by atoms with Crippen molar-refractivity contribution in [3.63, 3.8) is 0 Å². The third-order valence-electron chi connectivity index (χ3n) is 14.7. The summed E-state index contributed by atoms with van der Waals surface area (Å²) >= 11 is 0. The van der Waals surface area contributed by atoms with Crippen LogP contribution in [0.15, 0.2) is 76.9 Å². The van der Waals surface area contributed by atoms with Crippen molar-refractivity contribution >= 4 is 40.8 Å². The van der Waals surface area contributed by atoms with E-state index in [1.807, 2.05) is 49.9 Å². The standard InChI is InChI=1S/C49H57FN9O6P/c1-8-66(63,9-2)41-13-11-35(26-38(41)51-7)56-18-19-57(48(56)62)44-42-31(6)55(17-14-37(42)53-59(44)36-22-28(3)43(50)29(4)23-36)45(60)40-25-34-24-33(32-15-20-64-21-16-32)10-12-39(34)58(40)49(27-30(49)5)46-52-47(61)65-54-46/h10-13,18-19,22-26,30-32,47,51,61H,8-9,14-17,20-21,27H2,1-7H3,(H,52,54). The van der Waals surface area contributed by atoms with Gasteiger partial charge in [0.2, 0.25) is 0 Å². The average molecular weight is 918 g/mol. The van der Waals surface area contributed by atoms with E-state index in [9.17, 15) is 14.5 Å². The van der Waals surface area contributed by atoms with Gasteiger partial charge < -0.3 is 39.3 Å². The summed E-state index contributed by atoms with van der Waals surface area (Å²) in [7, 11) is -0.864. The molecule has 346 valence electrons. The molecule has 6 heterocycles. The van der Waals surface area contributed by atoms with Crippen LogP contribution in [-0.2, 0) is 26.1 Å². The molecule has 4 atom stereocenters. The Morgan fingerprint density at radius 3 is 2.36 bits per heavy atom. The summed E-state index contributed by atoms with van der Waals surface area (Å²) in [5, 5.41) is 27.7. The van der Waals surface area contributed by atoms with Gasteiger partial charge in [-0.1, -0.05) is 32.0 Å². The third kappa shape index (κ3) is 6.85. The number of benzene rings is 3. The van der Waals surface area contributed by atoms with Crippen LogP contribution in [0.25, 0.3) is 28.1 Å². The predicted octanol–water partition coefficient (Wildman–Crippen LogP) is 7.19. The lowest BCUT2D eigenvalue weighted by molar-refractivity contribution is -0.0896. The summed E-state index contributed by atoms with van der Waals surface area (Å²) < 4.78 is 41.6. The lowest BCUT2D eigenvalue weighted by Crippen LogP contribution is -2.44. The van der Waals surface area contributed by atoms with Crippen LogP contribution in [0.5, 0.6) is 0 Å². The lowest BCUT2D eigenvalue weighted by Gasteiger charge is -2.34. The number of hydrogen-bond donors (Lipinski definition) is 3. The Morgan fingerprint density at radius 2 is 1.71 bits per heavy atom. The molecular weight excluding hydrogens is 861 g/mol. The van der Waals surface area contributed by atoms with E-state index in [4.69, 9.17) is 14.7 Å². The first kappa shape index (κ1) is 43.9. The SMILES string of the molecule is CCP(=O)(CC)c1ccc(-n2ccn(-c3c4c(nn3-c3cc(C)c(F)c(C)c3)CCN(C(=O)c3cc5cc(C6CCOCC6)ccc5n3C3(C5=NOC(O)N5)CC3C)C4C)c2=O)cc1NC. The zero-order chi connectivity index (χ0) is 46.4.